The van der Waals surface area contributed by atoms with Crippen molar-refractivity contribution < 1.29 is 33.2 Å². The summed E-state index contributed by atoms with van der Waals surface area (Å²) in [5.74, 6) is 0.924. The van der Waals surface area contributed by atoms with E-state index in [-0.39, 0.29) is 40.9 Å². The Hall–Kier alpha value is -3.65. The molecule has 3 rings (SSSR count). The number of halogens is 1. The van der Waals surface area contributed by atoms with Crippen molar-refractivity contribution in [1.29, 1.82) is 0 Å². The lowest BCUT2D eigenvalue weighted by Crippen LogP contribution is -2.12. The normalized spacial score (nSPS) is 10.3. The van der Waals surface area contributed by atoms with E-state index >= 15 is 0 Å². The van der Waals surface area contributed by atoms with E-state index in [9.17, 15) is 9.59 Å². The Kier molecular flexibility index (Phi) is 8.21. The van der Waals surface area contributed by atoms with Crippen LogP contribution in [0.4, 0.5) is 0 Å². The molecule has 0 fully saturated rings. The Morgan fingerprint density at radius 3 is 1.88 bits per heavy atom. The largest absolute Gasteiger partial charge is 0.540 e. The summed E-state index contributed by atoms with van der Waals surface area (Å²) in [5.41, 5.74) is 1.53. The molecule has 0 heterocycles. The van der Waals surface area contributed by atoms with Crippen molar-refractivity contribution in [2.75, 3.05) is 14.2 Å². The number of rotatable bonds is 10. The van der Waals surface area contributed by atoms with Crippen LogP contribution in [-0.4, -0.2) is 34.5 Å². The van der Waals surface area contributed by atoms with E-state index in [4.69, 9.17) is 35.2 Å². The number of aldehydes is 1. The molecule has 0 aromatic heterocycles. The lowest BCUT2D eigenvalue weighted by Gasteiger charge is -2.18. The van der Waals surface area contributed by atoms with E-state index in [1.54, 1.807) is 26.4 Å². The van der Waals surface area contributed by atoms with Crippen LogP contribution in [0.3, 0.4) is 0 Å². The van der Waals surface area contributed by atoms with Gasteiger partial charge in [-0.3, -0.25) is 4.79 Å². The van der Waals surface area contributed by atoms with Gasteiger partial charge < -0.3 is 23.6 Å². The van der Waals surface area contributed by atoms with Crippen LogP contribution in [0, 0.1) is 0 Å². The standard InChI is InChI=1S/C24H22BClO7/c1-29-17-7-3-15(4-8-17)13-31-21-11-20(26)19(12-27)22(24(28)33-25)23(21)32-14-16-5-9-18(30-2)10-6-16/h3-12H,13-14,25H2,1-2H3. The zero-order valence-corrected chi connectivity index (χ0v) is 19.2. The number of carbonyl (C=O) groups is 2. The first-order valence-corrected chi connectivity index (χ1v) is 10.3. The topological polar surface area (TPSA) is 80.3 Å². The molecule has 0 atom stereocenters. The third-order valence-corrected chi connectivity index (χ3v) is 5.15. The summed E-state index contributed by atoms with van der Waals surface area (Å²) in [6, 6.07) is 16.0. The van der Waals surface area contributed by atoms with Crippen LogP contribution in [0.1, 0.15) is 31.8 Å². The average molecular weight is 469 g/mol. The molecule has 3 aromatic rings. The van der Waals surface area contributed by atoms with Gasteiger partial charge in [-0.2, -0.15) is 0 Å². The molecule has 0 saturated heterocycles. The lowest BCUT2D eigenvalue weighted by molar-refractivity contribution is 0.0740. The molecule has 9 heteroatoms. The molecule has 0 aliphatic rings. The van der Waals surface area contributed by atoms with Gasteiger partial charge in [0.25, 0.3) is 0 Å². The van der Waals surface area contributed by atoms with Gasteiger partial charge in [0.05, 0.1) is 24.8 Å². The molecule has 33 heavy (non-hydrogen) atoms. The first-order valence-electron chi connectivity index (χ1n) is 9.92. The Labute approximate surface area is 197 Å². The molecule has 3 aromatic carbocycles. The Morgan fingerprint density at radius 2 is 1.42 bits per heavy atom. The second-order valence-corrected chi connectivity index (χ2v) is 7.26. The molecule has 170 valence electrons. The molecular formula is C24H22BClO7. The van der Waals surface area contributed by atoms with Crippen LogP contribution in [0.25, 0.3) is 0 Å². The Bertz CT molecular complexity index is 1120. The van der Waals surface area contributed by atoms with E-state index in [1.807, 2.05) is 36.4 Å². The maximum Gasteiger partial charge on any atom is 0.326 e. The minimum absolute atomic E-state index is 0.0370. The van der Waals surface area contributed by atoms with Crippen molar-refractivity contribution >= 4 is 31.9 Å². The summed E-state index contributed by atoms with van der Waals surface area (Å²) in [6.07, 6.45) is 0.488. The van der Waals surface area contributed by atoms with Crippen molar-refractivity contribution in [2.24, 2.45) is 0 Å². The summed E-state index contributed by atoms with van der Waals surface area (Å²) < 4.78 is 27.1. The minimum Gasteiger partial charge on any atom is -0.540 e. The Balaban J connectivity index is 1.95. The van der Waals surface area contributed by atoms with Crippen molar-refractivity contribution in [2.45, 2.75) is 13.2 Å². The molecule has 0 amide bonds. The SMILES string of the molecule is BOC(=O)c1c(C=O)c(Cl)cc(OCc2ccc(OC)cc2)c1OCc1ccc(OC)cc1. The fraction of sp³-hybridized carbons (Fsp3) is 0.167. The second kappa shape index (κ2) is 11.3. The third kappa shape index (κ3) is 5.78. The monoisotopic (exact) mass is 468 g/mol. The quantitative estimate of drug-likeness (QED) is 0.328. The van der Waals surface area contributed by atoms with E-state index in [1.165, 1.54) is 14.1 Å². The fourth-order valence-corrected chi connectivity index (χ4v) is 3.29. The van der Waals surface area contributed by atoms with Gasteiger partial charge in [-0.15, -0.1) is 0 Å². The van der Waals surface area contributed by atoms with Crippen LogP contribution < -0.4 is 18.9 Å². The van der Waals surface area contributed by atoms with Gasteiger partial charge in [0.2, 0.25) is 0 Å². The van der Waals surface area contributed by atoms with Crippen LogP contribution >= 0.6 is 11.6 Å². The number of ether oxygens (including phenoxy) is 4. The average Bonchev–Trinajstić information content (AvgIpc) is 2.86. The maximum atomic E-state index is 12.6. The summed E-state index contributed by atoms with van der Waals surface area (Å²) in [7, 11) is 4.38. The predicted octanol–water partition coefficient (Wildman–Crippen LogP) is 4.03. The molecule has 0 radical (unpaired) electrons. The van der Waals surface area contributed by atoms with Crippen LogP contribution in [0.2, 0.25) is 5.02 Å². The summed E-state index contributed by atoms with van der Waals surface area (Å²) in [4.78, 5) is 24.3. The van der Waals surface area contributed by atoms with Crippen LogP contribution in [0.15, 0.2) is 54.6 Å². The lowest BCUT2D eigenvalue weighted by atomic mass is 10.1. The second-order valence-electron chi connectivity index (χ2n) is 6.86. The molecule has 0 bridgehead atoms. The van der Waals surface area contributed by atoms with Crippen molar-refractivity contribution in [3.8, 4) is 23.0 Å². The molecule has 0 N–H and O–H groups in total. The highest BCUT2D eigenvalue weighted by Crippen LogP contribution is 2.39. The zero-order chi connectivity index (χ0) is 23.8. The minimum atomic E-state index is -0.765. The molecule has 0 aliphatic heterocycles. The van der Waals surface area contributed by atoms with Crippen LogP contribution in [0.5, 0.6) is 23.0 Å². The molecule has 0 spiro atoms. The van der Waals surface area contributed by atoms with Crippen LogP contribution in [-0.2, 0) is 17.9 Å². The van der Waals surface area contributed by atoms with Gasteiger partial charge in [-0.1, -0.05) is 35.9 Å². The highest BCUT2D eigenvalue weighted by atomic mass is 35.5. The smallest absolute Gasteiger partial charge is 0.326 e. The van der Waals surface area contributed by atoms with Gasteiger partial charge in [0, 0.05) is 6.07 Å². The number of hydrogen-bond acceptors (Lipinski definition) is 7. The maximum absolute atomic E-state index is 12.6. The first-order chi connectivity index (χ1) is 16.0. The molecule has 0 saturated carbocycles. The molecule has 0 aliphatic carbocycles. The summed E-state index contributed by atoms with van der Waals surface area (Å²) in [5, 5.41) is 0.0481. The summed E-state index contributed by atoms with van der Waals surface area (Å²) in [6.45, 7) is 0.271. The molecule has 7 nitrogen and oxygen atoms in total. The zero-order valence-electron chi connectivity index (χ0n) is 18.4. The van der Waals surface area contributed by atoms with Crippen molar-refractivity contribution in [3.63, 3.8) is 0 Å². The number of benzene rings is 3. The first kappa shape index (κ1) is 24.0. The fourth-order valence-electron chi connectivity index (χ4n) is 3.05. The van der Waals surface area contributed by atoms with E-state index < -0.39 is 5.97 Å². The van der Waals surface area contributed by atoms with Crippen molar-refractivity contribution in [1.82, 2.24) is 0 Å². The number of methoxy groups -OCH3 is 2. The van der Waals surface area contributed by atoms with E-state index in [0.717, 1.165) is 11.1 Å². The van der Waals surface area contributed by atoms with Gasteiger partial charge in [-0.05, 0) is 35.4 Å². The summed E-state index contributed by atoms with van der Waals surface area (Å²) >= 11 is 6.27. The third-order valence-electron chi connectivity index (χ3n) is 4.84. The highest BCUT2D eigenvalue weighted by Gasteiger charge is 2.25. The highest BCUT2D eigenvalue weighted by molar-refractivity contribution is 6.34. The van der Waals surface area contributed by atoms with Gasteiger partial charge >= 0.3 is 14.0 Å². The van der Waals surface area contributed by atoms with E-state index in [0.29, 0.717) is 17.8 Å². The predicted molar refractivity (Wildman–Crippen MR) is 125 cm³/mol. The van der Waals surface area contributed by atoms with Crippen molar-refractivity contribution in [3.05, 3.63) is 81.9 Å². The molecule has 0 unspecified atom stereocenters. The van der Waals surface area contributed by atoms with Gasteiger partial charge in [-0.25, -0.2) is 4.79 Å². The Morgan fingerprint density at radius 1 is 0.909 bits per heavy atom. The molecular weight excluding hydrogens is 447 g/mol. The number of carbonyl (C=O) groups excluding carboxylic acids is 2. The van der Waals surface area contributed by atoms with Gasteiger partial charge in [0.15, 0.2) is 17.8 Å². The van der Waals surface area contributed by atoms with Gasteiger partial charge in [0.1, 0.15) is 30.3 Å². The van der Waals surface area contributed by atoms with E-state index in [2.05, 4.69) is 0 Å². The number of hydrogen-bond donors (Lipinski definition) is 0.